The number of thiazole rings is 2. The van der Waals surface area contributed by atoms with Gasteiger partial charge in [-0.3, -0.25) is 9.59 Å². The minimum atomic E-state index is -0.214. The van der Waals surface area contributed by atoms with E-state index in [1.54, 1.807) is 69.2 Å². The third kappa shape index (κ3) is 4.05. The number of rotatable bonds is 6. The smallest absolute Gasteiger partial charge is 0.261 e. The first-order valence-corrected chi connectivity index (χ1v) is 17.8. The quantitative estimate of drug-likeness (QED) is 0.180. The predicted octanol–water partition coefficient (Wildman–Crippen LogP) is 8.58. The number of fused-ring (bicyclic) bond motifs is 1. The average Bonchev–Trinajstić information content (AvgIpc) is 3.83. The van der Waals surface area contributed by atoms with E-state index in [4.69, 9.17) is 0 Å². The summed E-state index contributed by atoms with van der Waals surface area (Å²) >= 11 is 9.86. The highest BCUT2D eigenvalue weighted by atomic mass is 32.1. The molecule has 6 nitrogen and oxygen atoms in total. The highest BCUT2D eigenvalue weighted by Gasteiger charge is 2.48. The maximum atomic E-state index is 13.7. The molecule has 0 bridgehead atoms. The van der Waals surface area contributed by atoms with Crippen LogP contribution >= 0.6 is 68.0 Å². The molecule has 0 unspecified atom stereocenters. The number of hydrogen-bond donors (Lipinski definition) is 0. The van der Waals surface area contributed by atoms with Crippen LogP contribution in [-0.4, -0.2) is 45.7 Å². The molecule has 206 valence electrons. The largest absolute Gasteiger partial charge is 0.308 e. The lowest BCUT2D eigenvalue weighted by Crippen LogP contribution is -2.25. The first-order valence-electron chi connectivity index (χ1n) is 12.7. The van der Waals surface area contributed by atoms with Gasteiger partial charge in [-0.1, -0.05) is 12.1 Å². The van der Waals surface area contributed by atoms with Gasteiger partial charge < -0.3 is 9.80 Å². The van der Waals surface area contributed by atoms with Crippen molar-refractivity contribution in [2.75, 3.05) is 14.1 Å². The Kier molecular flexibility index (Phi) is 6.25. The van der Waals surface area contributed by atoms with E-state index in [1.165, 1.54) is 42.2 Å². The first-order chi connectivity index (χ1) is 20.5. The molecular weight excluding hydrogens is 641 g/mol. The first kappa shape index (κ1) is 26.1. The lowest BCUT2D eigenvalue weighted by atomic mass is 10.1. The normalized spacial score (nSPS) is 15.2. The van der Waals surface area contributed by atoms with E-state index in [2.05, 4.69) is 69.3 Å². The summed E-state index contributed by atoms with van der Waals surface area (Å²) in [6, 6.07) is 16.8. The van der Waals surface area contributed by atoms with Crippen molar-refractivity contribution in [3.63, 3.8) is 0 Å². The number of hydrogen-bond acceptors (Lipinski definition) is 10. The molecule has 0 atom stereocenters. The molecule has 0 aliphatic carbocycles. The molecule has 0 N–H and O–H groups in total. The van der Waals surface area contributed by atoms with E-state index < -0.39 is 0 Å². The molecule has 0 spiro atoms. The van der Waals surface area contributed by atoms with Crippen LogP contribution in [0.15, 0.2) is 82.8 Å². The van der Waals surface area contributed by atoms with Crippen molar-refractivity contribution >= 4 is 91.2 Å². The number of thiophene rings is 4. The molecule has 2 amide bonds. The van der Waals surface area contributed by atoms with E-state index >= 15 is 0 Å². The zero-order valence-corrected chi connectivity index (χ0v) is 26.9. The van der Waals surface area contributed by atoms with Gasteiger partial charge in [0.1, 0.15) is 10.0 Å². The Morgan fingerprint density at radius 1 is 0.524 bits per heavy atom. The van der Waals surface area contributed by atoms with Gasteiger partial charge in [-0.15, -0.1) is 68.0 Å². The summed E-state index contributed by atoms with van der Waals surface area (Å²) in [6.45, 7) is 0. The summed E-state index contributed by atoms with van der Waals surface area (Å²) in [7, 11) is 3.43. The number of carbonyl (C=O) groups excluding carboxylic acids is 2. The van der Waals surface area contributed by atoms with Crippen LogP contribution in [0.2, 0.25) is 0 Å². The Balaban J connectivity index is 1.16. The molecule has 0 aromatic carbocycles. The van der Waals surface area contributed by atoms with Crippen LogP contribution in [0.5, 0.6) is 0 Å². The topological polar surface area (TPSA) is 66.4 Å². The van der Waals surface area contributed by atoms with Gasteiger partial charge in [0.25, 0.3) is 11.8 Å². The molecule has 2 aliphatic rings. The van der Waals surface area contributed by atoms with E-state index in [-0.39, 0.29) is 11.8 Å². The fourth-order valence-corrected chi connectivity index (χ4v) is 10.9. The lowest BCUT2D eigenvalue weighted by molar-refractivity contribution is -0.123. The highest BCUT2D eigenvalue weighted by molar-refractivity contribution is 7.27. The van der Waals surface area contributed by atoms with Gasteiger partial charge in [-0.2, -0.15) is 0 Å². The van der Waals surface area contributed by atoms with E-state index in [0.29, 0.717) is 32.6 Å². The standard InChI is InChI=1S/C30H18N4O2S6/c1-33-25(27-31-13-21(41-27)19-9-7-17(39-19)15-5-3-11-37-15)23-24(29(33)35)26(34(2)30(23)36)28-32-14-22(42-28)20-10-8-18(40-20)16-6-4-12-38-16/h3-14H,1-2H3. The molecular formula is C30H18N4O2S6. The molecule has 2 aliphatic heterocycles. The Labute approximate surface area is 264 Å². The third-order valence-electron chi connectivity index (χ3n) is 7.07. The molecule has 8 heterocycles. The maximum absolute atomic E-state index is 13.7. The zero-order chi connectivity index (χ0) is 28.5. The van der Waals surface area contributed by atoms with Gasteiger partial charge in [0, 0.05) is 55.8 Å². The second-order valence-electron chi connectivity index (χ2n) is 9.52. The van der Waals surface area contributed by atoms with Gasteiger partial charge in [-0.25, -0.2) is 9.97 Å². The van der Waals surface area contributed by atoms with Gasteiger partial charge >= 0.3 is 0 Å². The van der Waals surface area contributed by atoms with Crippen molar-refractivity contribution in [1.29, 1.82) is 0 Å². The molecule has 0 saturated heterocycles. The number of amides is 2. The summed E-state index contributed by atoms with van der Waals surface area (Å²) in [5.74, 6) is -0.429. The maximum Gasteiger partial charge on any atom is 0.261 e. The molecule has 0 saturated carbocycles. The summed E-state index contributed by atoms with van der Waals surface area (Å²) in [5.41, 5.74) is 1.92. The summed E-state index contributed by atoms with van der Waals surface area (Å²) in [5, 5.41) is 5.46. The second-order valence-corrected chi connectivity index (χ2v) is 15.6. The van der Waals surface area contributed by atoms with Crippen molar-refractivity contribution in [1.82, 2.24) is 19.8 Å². The van der Waals surface area contributed by atoms with Crippen LogP contribution in [0.3, 0.4) is 0 Å². The Bertz CT molecular complexity index is 1920. The summed E-state index contributed by atoms with van der Waals surface area (Å²) < 4.78 is 0. The Morgan fingerprint density at radius 2 is 0.929 bits per heavy atom. The van der Waals surface area contributed by atoms with E-state index in [1.807, 2.05) is 12.4 Å². The van der Waals surface area contributed by atoms with Crippen molar-refractivity contribution in [3.05, 3.63) is 92.8 Å². The fourth-order valence-electron chi connectivity index (χ4n) is 5.07. The molecule has 6 aromatic heterocycles. The summed E-state index contributed by atoms with van der Waals surface area (Å²) in [6.07, 6.45) is 3.67. The fraction of sp³-hybridized carbons (Fsp3) is 0.0667. The number of carbonyl (C=O) groups is 2. The Hall–Kier alpha value is -3.52. The van der Waals surface area contributed by atoms with Crippen LogP contribution in [0.4, 0.5) is 0 Å². The number of aromatic nitrogens is 2. The molecule has 42 heavy (non-hydrogen) atoms. The van der Waals surface area contributed by atoms with Crippen molar-refractivity contribution in [3.8, 4) is 39.0 Å². The highest BCUT2D eigenvalue weighted by Crippen LogP contribution is 2.49. The second kappa shape index (κ2) is 10.0. The lowest BCUT2D eigenvalue weighted by Gasteiger charge is -2.17. The third-order valence-corrected chi connectivity index (χ3v) is 13.8. The SMILES string of the molecule is CN1C(=O)C2=C(c3ncc(-c4ccc(-c5cccs5)s4)s3)N(C)C(=O)C2=C1c1ncc(-c2ccc(-c3cccs3)s2)s1. The molecule has 0 radical (unpaired) electrons. The molecule has 0 fully saturated rings. The van der Waals surface area contributed by atoms with Gasteiger partial charge in [0.05, 0.1) is 32.3 Å². The number of likely N-dealkylation sites (N-methyl/N-ethyl adjacent to an activating group) is 2. The van der Waals surface area contributed by atoms with Crippen molar-refractivity contribution in [2.45, 2.75) is 0 Å². The molecule has 8 rings (SSSR count). The van der Waals surface area contributed by atoms with Gasteiger partial charge in [-0.05, 0) is 47.2 Å². The Morgan fingerprint density at radius 3 is 1.31 bits per heavy atom. The average molecular weight is 659 g/mol. The van der Waals surface area contributed by atoms with Crippen LogP contribution < -0.4 is 0 Å². The van der Waals surface area contributed by atoms with Crippen molar-refractivity contribution in [2.24, 2.45) is 0 Å². The van der Waals surface area contributed by atoms with Crippen LogP contribution in [0.25, 0.3) is 50.4 Å². The van der Waals surface area contributed by atoms with E-state index in [0.717, 1.165) is 19.5 Å². The van der Waals surface area contributed by atoms with Crippen molar-refractivity contribution < 1.29 is 9.59 Å². The van der Waals surface area contributed by atoms with Gasteiger partial charge in [0.2, 0.25) is 0 Å². The predicted molar refractivity (Wildman–Crippen MR) is 177 cm³/mol. The minimum Gasteiger partial charge on any atom is -0.308 e. The monoisotopic (exact) mass is 658 g/mol. The van der Waals surface area contributed by atoms with Crippen LogP contribution in [0, 0.1) is 0 Å². The molecule has 12 heteroatoms. The number of nitrogens with zero attached hydrogens (tertiary/aromatic N) is 4. The van der Waals surface area contributed by atoms with Gasteiger partial charge in [0.15, 0.2) is 0 Å². The molecule has 6 aromatic rings. The minimum absolute atomic E-state index is 0.214. The van der Waals surface area contributed by atoms with Crippen LogP contribution in [-0.2, 0) is 9.59 Å². The zero-order valence-electron chi connectivity index (χ0n) is 22.0. The van der Waals surface area contributed by atoms with Crippen LogP contribution in [0.1, 0.15) is 10.0 Å². The van der Waals surface area contributed by atoms with E-state index in [9.17, 15) is 9.59 Å². The summed E-state index contributed by atoms with van der Waals surface area (Å²) in [4.78, 5) is 49.0.